The summed E-state index contributed by atoms with van der Waals surface area (Å²) >= 11 is 0. The van der Waals surface area contributed by atoms with E-state index < -0.39 is 76.2 Å². The number of nitrogens with two attached hydrogens (primary N) is 1. The van der Waals surface area contributed by atoms with E-state index in [2.05, 4.69) is 0 Å². The monoisotopic (exact) mass is 515 g/mol. The number of carbonyl (C=O) groups excluding carboxylic acids is 4. The molecule has 1 fully saturated rings. The van der Waals surface area contributed by atoms with Gasteiger partial charge in [-0.25, -0.2) is 0 Å². The molecule has 0 radical (unpaired) electrons. The van der Waals surface area contributed by atoms with E-state index in [1.165, 1.54) is 0 Å². The number of esters is 4. The molecule has 1 aliphatic heterocycles. The molecule has 0 amide bonds. The summed E-state index contributed by atoms with van der Waals surface area (Å²) in [4.78, 5) is 51.0. The van der Waals surface area contributed by atoms with Crippen molar-refractivity contribution >= 4 is 23.9 Å². The van der Waals surface area contributed by atoms with Gasteiger partial charge in [0.1, 0.15) is 18.9 Å². The molecule has 1 saturated heterocycles. The highest BCUT2D eigenvalue weighted by atomic mass is 16.7. The lowest BCUT2D eigenvalue weighted by atomic mass is 9.92. The Hall–Kier alpha value is -2.20. The zero-order valence-corrected chi connectivity index (χ0v) is 23.8. The summed E-state index contributed by atoms with van der Waals surface area (Å²) in [6.07, 6.45) is -6.20. The van der Waals surface area contributed by atoms with E-state index in [0.29, 0.717) is 0 Å². The van der Waals surface area contributed by atoms with Gasteiger partial charge in [-0.05, 0) is 83.1 Å². The van der Waals surface area contributed by atoms with Crippen LogP contribution in [0.1, 0.15) is 83.1 Å². The van der Waals surface area contributed by atoms with Crippen molar-refractivity contribution in [2.75, 3.05) is 6.61 Å². The van der Waals surface area contributed by atoms with Gasteiger partial charge in [0.05, 0.1) is 21.7 Å². The lowest BCUT2D eigenvalue weighted by Crippen LogP contribution is -2.65. The fourth-order valence-corrected chi connectivity index (χ4v) is 2.76. The van der Waals surface area contributed by atoms with Crippen molar-refractivity contribution in [3.05, 3.63) is 0 Å². The second-order valence-corrected chi connectivity index (χ2v) is 13.3. The highest BCUT2D eigenvalue weighted by Crippen LogP contribution is 2.32. The van der Waals surface area contributed by atoms with E-state index in [1.54, 1.807) is 83.1 Å². The molecule has 0 spiro atoms. The van der Waals surface area contributed by atoms with Crippen LogP contribution < -0.4 is 5.73 Å². The molecule has 0 bridgehead atoms. The first-order chi connectivity index (χ1) is 16.0. The Labute approximate surface area is 214 Å². The van der Waals surface area contributed by atoms with Crippen molar-refractivity contribution in [2.45, 2.75) is 114 Å². The number of hydrogen-bond acceptors (Lipinski definition) is 10. The summed E-state index contributed by atoms with van der Waals surface area (Å²) in [6, 6.07) is 0. The second kappa shape index (κ2) is 11.0. The molecular weight excluding hydrogens is 470 g/mol. The minimum Gasteiger partial charge on any atom is -0.462 e. The highest BCUT2D eigenvalue weighted by Gasteiger charge is 2.53. The Morgan fingerprint density at radius 2 is 0.917 bits per heavy atom. The number of rotatable bonds is 5. The molecule has 1 heterocycles. The van der Waals surface area contributed by atoms with Crippen LogP contribution in [0.15, 0.2) is 0 Å². The zero-order chi connectivity index (χ0) is 28.4. The smallest absolute Gasteiger partial charge is 0.311 e. The van der Waals surface area contributed by atoms with Gasteiger partial charge in [0, 0.05) is 0 Å². The average Bonchev–Trinajstić information content (AvgIpc) is 2.67. The van der Waals surface area contributed by atoms with E-state index in [9.17, 15) is 19.2 Å². The molecule has 2 N–H and O–H groups in total. The standard InChI is InChI=1S/C26H45NO9/c1-23(2,3)19(28)32-13-14-15(34-20(29)24(4,5)6)16(35-21(30)25(7,8)9)17(18(27)33-14)36-22(31)26(10,11)12/h14-18H,13,27H2,1-12H3/t14-,15+,16+,17-,18+/m1/s1. The van der Waals surface area contributed by atoms with E-state index >= 15 is 0 Å². The Balaban J connectivity index is 3.50. The van der Waals surface area contributed by atoms with Gasteiger partial charge in [0.25, 0.3) is 0 Å². The molecule has 36 heavy (non-hydrogen) atoms. The number of ether oxygens (including phenoxy) is 5. The molecule has 0 aromatic rings. The number of carbonyl (C=O) groups is 4. The fourth-order valence-electron chi connectivity index (χ4n) is 2.76. The Bertz CT molecular complexity index is 824. The maximum Gasteiger partial charge on any atom is 0.311 e. The quantitative estimate of drug-likeness (QED) is 0.429. The molecule has 0 aromatic heterocycles. The van der Waals surface area contributed by atoms with Gasteiger partial charge >= 0.3 is 23.9 Å². The minimum absolute atomic E-state index is 0.324. The van der Waals surface area contributed by atoms with Gasteiger partial charge in [-0.1, -0.05) is 0 Å². The van der Waals surface area contributed by atoms with Crippen molar-refractivity contribution in [3.8, 4) is 0 Å². The molecule has 0 aliphatic carbocycles. The Kier molecular flexibility index (Phi) is 9.77. The predicted molar refractivity (Wildman–Crippen MR) is 131 cm³/mol. The van der Waals surface area contributed by atoms with Gasteiger partial charge < -0.3 is 29.4 Å². The molecule has 0 unspecified atom stereocenters. The third-order valence-electron chi connectivity index (χ3n) is 5.23. The van der Waals surface area contributed by atoms with Crippen LogP contribution in [0.25, 0.3) is 0 Å². The van der Waals surface area contributed by atoms with Crippen LogP contribution in [-0.4, -0.2) is 61.1 Å². The van der Waals surface area contributed by atoms with Crippen molar-refractivity contribution < 1.29 is 42.9 Å². The van der Waals surface area contributed by atoms with Crippen LogP contribution >= 0.6 is 0 Å². The van der Waals surface area contributed by atoms with Gasteiger partial charge in [-0.3, -0.25) is 19.2 Å². The molecule has 208 valence electrons. The third kappa shape index (κ3) is 8.73. The molecule has 5 atom stereocenters. The Morgan fingerprint density at radius 3 is 1.28 bits per heavy atom. The molecule has 0 saturated carbocycles. The normalized spacial score (nSPS) is 25.5. The minimum atomic E-state index is -1.31. The predicted octanol–water partition coefficient (Wildman–Crippen LogP) is 3.13. The van der Waals surface area contributed by atoms with Crippen LogP contribution in [0.5, 0.6) is 0 Å². The van der Waals surface area contributed by atoms with E-state index in [0.717, 1.165) is 0 Å². The zero-order valence-electron chi connectivity index (χ0n) is 23.8. The fraction of sp³-hybridized carbons (Fsp3) is 0.846. The van der Waals surface area contributed by atoms with Crippen LogP contribution in [-0.2, 0) is 42.9 Å². The third-order valence-corrected chi connectivity index (χ3v) is 5.23. The first-order valence-electron chi connectivity index (χ1n) is 12.2. The van der Waals surface area contributed by atoms with E-state index in [1.807, 2.05) is 0 Å². The highest BCUT2D eigenvalue weighted by molar-refractivity contribution is 5.78. The average molecular weight is 516 g/mol. The van der Waals surface area contributed by atoms with Crippen LogP contribution in [0, 0.1) is 21.7 Å². The molecule has 1 rings (SSSR count). The summed E-state index contributed by atoms with van der Waals surface area (Å²) in [7, 11) is 0. The maximum absolute atomic E-state index is 12.9. The summed E-state index contributed by atoms with van der Waals surface area (Å²) < 4.78 is 28.5. The molecular formula is C26H45NO9. The van der Waals surface area contributed by atoms with Crippen molar-refractivity contribution in [1.29, 1.82) is 0 Å². The van der Waals surface area contributed by atoms with Crippen molar-refractivity contribution in [3.63, 3.8) is 0 Å². The van der Waals surface area contributed by atoms with E-state index in [4.69, 9.17) is 29.4 Å². The number of hydrogen-bond donors (Lipinski definition) is 1. The van der Waals surface area contributed by atoms with Crippen molar-refractivity contribution in [2.24, 2.45) is 27.4 Å². The lowest BCUT2D eigenvalue weighted by Gasteiger charge is -2.45. The maximum atomic E-state index is 12.9. The Morgan fingerprint density at radius 1 is 0.583 bits per heavy atom. The lowest BCUT2D eigenvalue weighted by molar-refractivity contribution is -0.259. The summed E-state index contributed by atoms with van der Waals surface area (Å²) in [6.45, 7) is 19.7. The van der Waals surface area contributed by atoms with Gasteiger partial charge in [0.15, 0.2) is 18.3 Å². The first-order valence-corrected chi connectivity index (χ1v) is 12.2. The molecule has 1 aliphatic rings. The summed E-state index contributed by atoms with van der Waals surface area (Å²) in [5.41, 5.74) is 2.71. The summed E-state index contributed by atoms with van der Waals surface area (Å²) in [5.74, 6) is -2.36. The SMILES string of the molecule is CC(C)(C)C(=O)OC[C@H]1O[C@H](N)[C@H](OC(=O)C(C)(C)C)[C@@H](OC(=O)C(C)(C)C)[C@H]1OC(=O)C(C)(C)C. The van der Waals surface area contributed by atoms with Crippen LogP contribution in [0.4, 0.5) is 0 Å². The molecule has 10 nitrogen and oxygen atoms in total. The topological polar surface area (TPSA) is 140 Å². The van der Waals surface area contributed by atoms with Gasteiger partial charge in [0.2, 0.25) is 0 Å². The van der Waals surface area contributed by atoms with Crippen LogP contribution in [0.3, 0.4) is 0 Å². The summed E-state index contributed by atoms with van der Waals surface area (Å²) in [5, 5.41) is 0. The molecule has 10 heteroatoms. The molecule has 0 aromatic carbocycles. The largest absolute Gasteiger partial charge is 0.462 e. The van der Waals surface area contributed by atoms with Crippen LogP contribution in [0.2, 0.25) is 0 Å². The van der Waals surface area contributed by atoms with Gasteiger partial charge in [-0.2, -0.15) is 0 Å². The second-order valence-electron chi connectivity index (χ2n) is 13.3. The van der Waals surface area contributed by atoms with Gasteiger partial charge in [-0.15, -0.1) is 0 Å². The first kappa shape index (κ1) is 31.8. The van der Waals surface area contributed by atoms with Crippen molar-refractivity contribution in [1.82, 2.24) is 0 Å². The van der Waals surface area contributed by atoms with E-state index in [-0.39, 0.29) is 6.61 Å².